The van der Waals surface area contributed by atoms with Gasteiger partial charge in [-0.25, -0.2) is 36.3 Å². The van der Waals surface area contributed by atoms with E-state index in [0.717, 1.165) is 34.8 Å². The maximum absolute atomic E-state index is 15.2. The van der Waals surface area contributed by atoms with Crippen molar-refractivity contribution in [2.24, 2.45) is 0 Å². The van der Waals surface area contributed by atoms with Gasteiger partial charge in [0.2, 0.25) is 23.1 Å². The monoisotopic (exact) mass is 926 g/mol. The molecule has 0 spiro atoms. The summed E-state index contributed by atoms with van der Waals surface area (Å²) in [6, 6.07) is 23.7. The number of allylic oxidation sites excluding steroid dienone is 2. The lowest BCUT2D eigenvalue weighted by molar-refractivity contribution is -0.110. The Bertz CT molecular complexity index is 3720. The molecular formula is C48H22F4N2O8S3. The van der Waals surface area contributed by atoms with Gasteiger partial charge in [0.15, 0.2) is 0 Å². The third-order valence-corrected chi connectivity index (χ3v) is 14.7. The summed E-state index contributed by atoms with van der Waals surface area (Å²) in [6.45, 7) is -0.270. The Hall–Kier alpha value is -7.60. The van der Waals surface area contributed by atoms with Gasteiger partial charge in [0.1, 0.15) is 36.5 Å². The van der Waals surface area contributed by atoms with Gasteiger partial charge in [0, 0.05) is 49.7 Å². The molecule has 2 aliphatic carbocycles. The van der Waals surface area contributed by atoms with Gasteiger partial charge in [-0.2, -0.15) is 0 Å². The number of carbonyl (C=O) groups excluding carboxylic acids is 6. The molecule has 17 heteroatoms. The molecule has 5 heterocycles. The molecule has 10 nitrogen and oxygen atoms in total. The van der Waals surface area contributed by atoms with E-state index in [9.17, 15) is 41.9 Å². The zero-order valence-corrected chi connectivity index (χ0v) is 35.2. The lowest BCUT2D eigenvalue weighted by atomic mass is 10.1. The number of carbonyl (C=O) groups is 6. The van der Waals surface area contributed by atoms with Crippen LogP contribution in [0.4, 0.5) is 27.2 Å². The Balaban J connectivity index is 1.13. The van der Waals surface area contributed by atoms with E-state index in [2.05, 4.69) is 0 Å². The van der Waals surface area contributed by atoms with Crippen LogP contribution in [-0.2, 0) is 32.3 Å². The van der Waals surface area contributed by atoms with Crippen LogP contribution >= 0.6 is 34.0 Å². The van der Waals surface area contributed by atoms with Gasteiger partial charge >= 0.3 is 12.2 Å². The van der Waals surface area contributed by atoms with Crippen LogP contribution in [0.2, 0.25) is 0 Å². The van der Waals surface area contributed by atoms with E-state index in [1.165, 1.54) is 32.6 Å². The van der Waals surface area contributed by atoms with Crippen LogP contribution in [-0.4, -0.2) is 44.5 Å². The summed E-state index contributed by atoms with van der Waals surface area (Å²) < 4.78 is 74.7. The van der Waals surface area contributed by atoms with Crippen LogP contribution in [0.3, 0.4) is 0 Å². The van der Waals surface area contributed by atoms with E-state index in [4.69, 9.17) is 9.47 Å². The molecule has 0 amide bonds. The first-order chi connectivity index (χ1) is 31.4. The van der Waals surface area contributed by atoms with Gasteiger partial charge in [-0.15, -0.1) is 34.0 Å². The minimum atomic E-state index is -1.17. The third-order valence-electron chi connectivity index (χ3n) is 11.1. The molecule has 5 aromatic heterocycles. The van der Waals surface area contributed by atoms with Gasteiger partial charge in [-0.05, 0) is 47.5 Å². The zero-order valence-electron chi connectivity index (χ0n) is 32.7. The predicted octanol–water partition coefficient (Wildman–Crippen LogP) is 11.6. The fourth-order valence-corrected chi connectivity index (χ4v) is 12.0. The largest absolute Gasteiger partial charge is 0.444 e. The Morgan fingerprint density at radius 2 is 0.969 bits per heavy atom. The van der Waals surface area contributed by atoms with Crippen LogP contribution in [0.1, 0.15) is 52.7 Å². The van der Waals surface area contributed by atoms with Gasteiger partial charge in [0.25, 0.3) is 0 Å². The second kappa shape index (κ2) is 15.0. The number of benzene rings is 4. The molecule has 0 N–H and O–H groups in total. The summed E-state index contributed by atoms with van der Waals surface area (Å²) in [5, 5.41) is 0. The first-order valence-corrected chi connectivity index (χ1v) is 21.9. The van der Waals surface area contributed by atoms with Crippen molar-refractivity contribution in [3.05, 3.63) is 163 Å². The number of ketones is 4. The van der Waals surface area contributed by atoms with E-state index in [-0.39, 0.29) is 46.5 Å². The molecule has 0 atom stereocenters. The molecule has 4 aromatic carbocycles. The number of nitrogens with zero attached hydrogens (tertiary/aromatic N) is 2. The number of Topliss-reactive ketones (excluding diaryl/α,β-unsaturated/α-hetero) is 4. The minimum absolute atomic E-state index is 0.134. The van der Waals surface area contributed by atoms with E-state index < -0.39 is 69.7 Å². The number of halogens is 4. The standard InChI is InChI=1S/C48H22F4N2O8S3/c49-23-11-27-28(39(55)42(58)36(27)32(52)14-23)15-25-17-33-43(63-25)45-37(53(33)47(59)61-19-21-7-3-1-4-8-21)38-46(65-45)44-34(54(38)48(60)62-20-22-9-5-2-6-10-22)18-26(64-44)16-30-35-29(40(56)41(30)57)12-24(50)13-31(35)51/h1-18H,19-20H2/b28-15-,30-16-. The summed E-state index contributed by atoms with van der Waals surface area (Å²) in [5.41, 5.74) is 0.466. The number of hydrogen-bond donors (Lipinski definition) is 0. The highest BCUT2D eigenvalue weighted by Crippen LogP contribution is 2.50. The number of rotatable bonds is 6. The van der Waals surface area contributed by atoms with Crippen molar-refractivity contribution >= 4 is 133 Å². The number of fused-ring (bicyclic) bond motifs is 9. The van der Waals surface area contributed by atoms with Crippen molar-refractivity contribution in [1.82, 2.24) is 9.13 Å². The number of thiophene rings is 3. The van der Waals surface area contributed by atoms with Crippen molar-refractivity contribution in [2.45, 2.75) is 13.2 Å². The molecule has 0 aliphatic heterocycles. The van der Waals surface area contributed by atoms with Gasteiger partial charge in [0.05, 0.1) is 46.4 Å². The van der Waals surface area contributed by atoms with Gasteiger partial charge in [-0.3, -0.25) is 19.2 Å². The predicted molar refractivity (Wildman–Crippen MR) is 237 cm³/mol. The van der Waals surface area contributed by atoms with Crippen molar-refractivity contribution in [1.29, 1.82) is 0 Å². The molecule has 0 unspecified atom stereocenters. The third kappa shape index (κ3) is 6.33. The molecule has 318 valence electrons. The lowest BCUT2D eigenvalue weighted by Crippen LogP contribution is -2.16. The lowest BCUT2D eigenvalue weighted by Gasteiger charge is -2.10. The van der Waals surface area contributed by atoms with Crippen LogP contribution in [0.15, 0.2) is 97.1 Å². The molecular weight excluding hydrogens is 905 g/mol. The zero-order chi connectivity index (χ0) is 45.0. The Morgan fingerprint density at radius 1 is 0.508 bits per heavy atom. The molecule has 0 saturated carbocycles. The quantitative estimate of drug-likeness (QED) is 0.0915. The van der Waals surface area contributed by atoms with E-state index in [1.54, 1.807) is 72.8 Å². The minimum Gasteiger partial charge on any atom is -0.444 e. The second-order valence-electron chi connectivity index (χ2n) is 15.0. The summed E-state index contributed by atoms with van der Waals surface area (Å²) >= 11 is 3.42. The van der Waals surface area contributed by atoms with Crippen molar-refractivity contribution in [2.75, 3.05) is 0 Å². The van der Waals surface area contributed by atoms with Crippen molar-refractivity contribution < 1.29 is 55.8 Å². The fraction of sp³-hybridized carbons (Fsp3) is 0.0417. The van der Waals surface area contributed by atoms with Crippen LogP contribution < -0.4 is 0 Å². The van der Waals surface area contributed by atoms with Crippen LogP contribution in [0, 0.1) is 23.3 Å². The molecule has 0 fully saturated rings. The molecule has 9 aromatic rings. The number of ether oxygens (including phenoxy) is 2. The highest BCUT2D eigenvalue weighted by atomic mass is 32.1. The molecule has 0 radical (unpaired) electrons. The summed E-state index contributed by atoms with van der Waals surface area (Å²) in [7, 11) is 0. The average molecular weight is 927 g/mol. The van der Waals surface area contributed by atoms with Crippen LogP contribution in [0.25, 0.3) is 64.2 Å². The van der Waals surface area contributed by atoms with Crippen molar-refractivity contribution in [3.8, 4) is 0 Å². The second-order valence-corrected chi connectivity index (χ2v) is 18.2. The topological polar surface area (TPSA) is 131 Å². The SMILES string of the molecule is O=C1C(=O)c2c(F)cc(F)cc2/C1=C/c1cc2c(s1)c1sc3c4sc(/C=C5\C(=O)C(=O)c6cc(F)cc(F)c65)cc4n(C(=O)OCc4ccccc4)c3c1n2C(=O)OCc1ccccc1. The molecule has 11 rings (SSSR count). The summed E-state index contributed by atoms with van der Waals surface area (Å²) in [4.78, 5) is 81.6. The summed E-state index contributed by atoms with van der Waals surface area (Å²) in [6.07, 6.45) is 0.955. The van der Waals surface area contributed by atoms with E-state index in [0.29, 0.717) is 62.8 Å². The average Bonchev–Trinajstić information content (AvgIpc) is 4.14. The Labute approximate surface area is 373 Å². The molecule has 0 bridgehead atoms. The molecule has 0 saturated heterocycles. The first-order valence-electron chi connectivity index (χ1n) is 19.4. The van der Waals surface area contributed by atoms with Crippen LogP contribution in [0.5, 0.6) is 0 Å². The Morgan fingerprint density at radius 3 is 1.49 bits per heavy atom. The first kappa shape index (κ1) is 40.2. The maximum Gasteiger partial charge on any atom is 0.419 e. The van der Waals surface area contributed by atoms with E-state index in [1.807, 2.05) is 0 Å². The van der Waals surface area contributed by atoms with Gasteiger partial charge in [-0.1, -0.05) is 60.7 Å². The number of aromatic nitrogens is 2. The smallest absolute Gasteiger partial charge is 0.419 e. The highest BCUT2D eigenvalue weighted by molar-refractivity contribution is 7.34. The molecule has 2 aliphatic rings. The highest BCUT2D eigenvalue weighted by Gasteiger charge is 2.39. The summed E-state index contributed by atoms with van der Waals surface area (Å²) in [5.74, 6) is -8.51. The molecule has 65 heavy (non-hydrogen) atoms. The maximum atomic E-state index is 15.2. The van der Waals surface area contributed by atoms with Crippen molar-refractivity contribution in [3.63, 3.8) is 0 Å². The number of hydrogen-bond acceptors (Lipinski definition) is 11. The normalized spacial score (nSPS) is 14.9. The van der Waals surface area contributed by atoms with E-state index >= 15 is 4.39 Å². The Kier molecular flexibility index (Phi) is 9.28. The van der Waals surface area contributed by atoms with Gasteiger partial charge < -0.3 is 9.47 Å². The fourth-order valence-electron chi connectivity index (χ4n) is 8.25.